The zero-order valence-electron chi connectivity index (χ0n) is 21.1. The largest absolute Gasteiger partial charge is 0.357 e. The van der Waals surface area contributed by atoms with E-state index < -0.39 is 0 Å². The molecule has 41 heavy (non-hydrogen) atoms. The third-order valence-corrected chi connectivity index (χ3v) is 7.33. The molecule has 0 amide bonds. The fraction of sp³-hybridized carbons (Fsp3) is 0. The van der Waals surface area contributed by atoms with E-state index in [0.29, 0.717) is 45.2 Å². The Kier molecular flexibility index (Phi) is 5.11. The Hall–Kier alpha value is -5.27. The summed E-state index contributed by atoms with van der Waals surface area (Å²) in [6.07, 6.45) is 0. The molecule has 4 aromatic carbocycles. The molecule has 8 bridgehead atoms. The second-order valence-electron chi connectivity index (χ2n) is 9.67. The van der Waals surface area contributed by atoms with Crippen LogP contribution in [-0.4, -0.2) is 0 Å². The first kappa shape index (κ1) is 23.6. The van der Waals surface area contributed by atoms with Crippen molar-refractivity contribution in [2.24, 2.45) is 20.0 Å². The van der Waals surface area contributed by atoms with Gasteiger partial charge in [0, 0.05) is 61.7 Å². The van der Waals surface area contributed by atoms with Crippen LogP contribution in [0.3, 0.4) is 0 Å². The number of aromatic nitrogens is 4. The monoisotopic (exact) mass is 570 g/mol. The molecule has 0 spiro atoms. The van der Waals surface area contributed by atoms with E-state index in [1.807, 2.05) is 97.1 Å². The van der Waals surface area contributed by atoms with E-state index in [9.17, 15) is 0 Å². The van der Waals surface area contributed by atoms with Gasteiger partial charge in [-0.1, -0.05) is 97.1 Å². The summed E-state index contributed by atoms with van der Waals surface area (Å²) in [6.45, 7) is 0. The van der Waals surface area contributed by atoms with Gasteiger partial charge < -0.3 is 39.9 Å². The van der Waals surface area contributed by atoms with Crippen LogP contribution in [0.25, 0.3) is 43.1 Å². The van der Waals surface area contributed by atoms with Crippen LogP contribution in [0.1, 0.15) is 0 Å². The van der Waals surface area contributed by atoms with Crippen molar-refractivity contribution in [3.05, 3.63) is 119 Å². The van der Waals surface area contributed by atoms with Crippen molar-refractivity contribution in [2.45, 2.75) is 0 Å². The molecule has 0 aliphatic carbocycles. The Morgan fingerprint density at radius 2 is 0.512 bits per heavy atom. The molecule has 198 valence electrons. The van der Waals surface area contributed by atoms with E-state index in [4.69, 9.17) is 39.9 Å². The van der Waals surface area contributed by atoms with Crippen molar-refractivity contribution in [3.8, 4) is 0 Å². The molecule has 0 atom stereocenters. The minimum atomic E-state index is 0. The van der Waals surface area contributed by atoms with Crippen LogP contribution in [0.2, 0.25) is 0 Å². The number of fused-ring (bicyclic) bond motifs is 20. The van der Waals surface area contributed by atoms with Crippen molar-refractivity contribution < 1.29 is 16.5 Å². The summed E-state index contributed by atoms with van der Waals surface area (Å²) in [6, 6.07) is 31.8. The molecule has 0 saturated heterocycles. The number of benzene rings is 4. The topological polar surface area (TPSA) is 106 Å². The van der Waals surface area contributed by atoms with Crippen LogP contribution < -0.4 is 41.9 Å². The summed E-state index contributed by atoms with van der Waals surface area (Å²) in [5.41, 5.74) is 2.21. The predicted octanol–water partition coefficient (Wildman–Crippen LogP) is 4.24. The van der Waals surface area contributed by atoms with Gasteiger partial charge in [-0.2, -0.15) is 0 Å². The van der Waals surface area contributed by atoms with Gasteiger partial charge in [-0.05, 0) is 43.1 Å². The standard InChI is InChI=1S/C32H16N8.Ni/c1-2-10-18-17(9-1)25-33-26(18)38-28-21-13-5-6-14-22(21)30(35-28)40-32-24-16-8-7-15-23(24)31(36-32)39-29-20-12-4-3-11-19(20)27(34-29)37-25;/h1-16H;/q-4;. The van der Waals surface area contributed by atoms with Crippen LogP contribution in [0.5, 0.6) is 0 Å². The first-order chi connectivity index (χ1) is 19.8. The van der Waals surface area contributed by atoms with Crippen LogP contribution in [0.15, 0.2) is 117 Å². The first-order valence-electron chi connectivity index (χ1n) is 12.9. The first-order valence-corrected chi connectivity index (χ1v) is 12.9. The Balaban J connectivity index is 0.00000256. The van der Waals surface area contributed by atoms with Gasteiger partial charge in [-0.3, -0.25) is 0 Å². The number of nitrogens with zero attached hydrogens (tertiary/aromatic N) is 8. The fourth-order valence-corrected chi connectivity index (χ4v) is 5.46. The van der Waals surface area contributed by atoms with E-state index in [0.717, 1.165) is 43.1 Å². The summed E-state index contributed by atoms with van der Waals surface area (Å²) in [7, 11) is 0. The summed E-state index contributed by atoms with van der Waals surface area (Å²) in [5, 5.41) is 7.15. The van der Waals surface area contributed by atoms with E-state index in [2.05, 4.69) is 0 Å². The van der Waals surface area contributed by atoms with Gasteiger partial charge in [0.05, 0.1) is 0 Å². The Labute approximate surface area is 241 Å². The van der Waals surface area contributed by atoms with Gasteiger partial charge in [0.2, 0.25) is 0 Å². The molecule has 9 rings (SSSR count). The number of hydrogen-bond acceptors (Lipinski definition) is 4. The zero-order chi connectivity index (χ0) is 26.2. The summed E-state index contributed by atoms with van der Waals surface area (Å²) in [5.74, 6) is 2.21. The quantitative estimate of drug-likeness (QED) is 0.254. The van der Waals surface area contributed by atoms with Gasteiger partial charge in [-0.15, -0.1) is 0 Å². The average molecular weight is 571 g/mol. The molecule has 0 saturated carbocycles. The molecule has 1 aliphatic heterocycles. The Bertz CT molecular complexity index is 2220. The second-order valence-corrected chi connectivity index (χ2v) is 9.67. The molecule has 0 fully saturated rings. The third-order valence-electron chi connectivity index (χ3n) is 7.33. The summed E-state index contributed by atoms with van der Waals surface area (Å²) < 4.78 is 0. The molecule has 8 aromatic rings. The molecule has 4 aromatic heterocycles. The fourth-order valence-electron chi connectivity index (χ4n) is 5.46. The van der Waals surface area contributed by atoms with Crippen molar-refractivity contribution in [3.63, 3.8) is 0 Å². The van der Waals surface area contributed by atoms with Gasteiger partial charge in [0.15, 0.2) is 0 Å². The van der Waals surface area contributed by atoms with Crippen LogP contribution in [0.4, 0.5) is 23.3 Å². The van der Waals surface area contributed by atoms with Crippen LogP contribution in [-0.2, 0) is 16.5 Å². The summed E-state index contributed by atoms with van der Waals surface area (Å²) >= 11 is 0. The molecule has 0 unspecified atom stereocenters. The average Bonchev–Trinajstić information content (AvgIpc) is 3.73. The van der Waals surface area contributed by atoms with E-state index in [1.54, 1.807) is 0 Å². The maximum absolute atomic E-state index is 4.95. The van der Waals surface area contributed by atoms with Gasteiger partial charge >= 0.3 is 0 Å². The second kappa shape index (κ2) is 8.88. The van der Waals surface area contributed by atoms with Crippen molar-refractivity contribution in [1.82, 2.24) is 19.9 Å². The smallest absolute Gasteiger partial charge is 0.0184 e. The Morgan fingerprint density at radius 3 is 0.756 bits per heavy atom. The third kappa shape index (κ3) is 3.53. The molecule has 0 radical (unpaired) electrons. The molecule has 8 nitrogen and oxygen atoms in total. The SMILES string of the molecule is [Ni].c1ccc2c3[n-]c(c2c1)/N=c1\[n-]/c(c2ccccc12)=N\c1[n-]c(c2ccccc12)/N=c1\[n-]/c(c2ccccc12)=N\3. The maximum Gasteiger partial charge on any atom is 0.0184 e. The van der Waals surface area contributed by atoms with Crippen molar-refractivity contribution in [1.29, 1.82) is 0 Å². The van der Waals surface area contributed by atoms with Crippen LogP contribution in [0, 0.1) is 0 Å². The number of rotatable bonds is 0. The normalized spacial score (nSPS) is 15.8. The molecule has 5 heterocycles. The summed E-state index contributed by atoms with van der Waals surface area (Å²) in [4.78, 5) is 39.3. The van der Waals surface area contributed by atoms with Crippen molar-refractivity contribution in [2.75, 3.05) is 0 Å². The van der Waals surface area contributed by atoms with Crippen LogP contribution >= 0.6 is 0 Å². The van der Waals surface area contributed by atoms with E-state index >= 15 is 0 Å². The van der Waals surface area contributed by atoms with Gasteiger partial charge in [0.1, 0.15) is 0 Å². The van der Waals surface area contributed by atoms with Gasteiger partial charge in [-0.25, -0.2) is 0 Å². The van der Waals surface area contributed by atoms with Gasteiger partial charge in [0.25, 0.3) is 0 Å². The molecular weight excluding hydrogens is 555 g/mol. The molecule has 9 heteroatoms. The van der Waals surface area contributed by atoms with Crippen molar-refractivity contribution >= 4 is 66.4 Å². The number of hydrogen-bond donors (Lipinski definition) is 0. The van der Waals surface area contributed by atoms with E-state index in [1.165, 1.54) is 0 Å². The Morgan fingerprint density at radius 1 is 0.293 bits per heavy atom. The molecular formula is C32H16N8Ni-4. The molecule has 1 aliphatic rings. The molecule has 0 N–H and O–H groups in total. The minimum absolute atomic E-state index is 0. The predicted molar refractivity (Wildman–Crippen MR) is 152 cm³/mol. The van der Waals surface area contributed by atoms with E-state index in [-0.39, 0.29) is 16.5 Å². The maximum atomic E-state index is 4.95. The minimum Gasteiger partial charge on any atom is -0.357 e. The zero-order valence-corrected chi connectivity index (χ0v) is 22.1.